The second kappa shape index (κ2) is 6.04. The zero-order valence-corrected chi connectivity index (χ0v) is 12.9. The van der Waals surface area contributed by atoms with Gasteiger partial charge in [-0.3, -0.25) is 4.90 Å². The monoisotopic (exact) mass is 300 g/mol. The molecule has 2 aliphatic heterocycles. The van der Waals surface area contributed by atoms with Gasteiger partial charge in [-0.05, 0) is 50.2 Å². The minimum absolute atomic E-state index is 0.553. The molecular weight excluding hydrogens is 280 g/mol. The smallest absolute Gasteiger partial charge is 0.207 e. The SMILES string of the molecule is CCCN(Cc1nnc(Cl)s1)C1CC2CCC(C1)N2. The van der Waals surface area contributed by atoms with Crippen LogP contribution < -0.4 is 5.32 Å². The maximum Gasteiger partial charge on any atom is 0.207 e. The summed E-state index contributed by atoms with van der Waals surface area (Å²) in [5.74, 6) is 0. The van der Waals surface area contributed by atoms with Gasteiger partial charge in [-0.1, -0.05) is 18.3 Å². The van der Waals surface area contributed by atoms with Crippen molar-refractivity contribution in [1.82, 2.24) is 20.4 Å². The number of aromatic nitrogens is 2. The van der Waals surface area contributed by atoms with Crippen molar-refractivity contribution < 1.29 is 0 Å². The predicted molar refractivity (Wildman–Crippen MR) is 78.6 cm³/mol. The van der Waals surface area contributed by atoms with Gasteiger partial charge in [0.2, 0.25) is 4.47 Å². The van der Waals surface area contributed by atoms with Crippen LogP contribution in [0.1, 0.15) is 44.0 Å². The maximum atomic E-state index is 5.88. The summed E-state index contributed by atoms with van der Waals surface area (Å²) in [6, 6.07) is 2.17. The van der Waals surface area contributed by atoms with Crippen LogP contribution in [0, 0.1) is 0 Å². The van der Waals surface area contributed by atoms with Gasteiger partial charge in [-0.25, -0.2) is 0 Å². The van der Waals surface area contributed by atoms with Gasteiger partial charge in [-0.15, -0.1) is 10.2 Å². The van der Waals surface area contributed by atoms with E-state index in [0.717, 1.165) is 30.2 Å². The van der Waals surface area contributed by atoms with Gasteiger partial charge < -0.3 is 5.32 Å². The molecule has 0 aromatic carbocycles. The molecule has 2 bridgehead atoms. The third-order valence-corrected chi connectivity index (χ3v) is 5.26. The Kier molecular flexibility index (Phi) is 4.37. The van der Waals surface area contributed by atoms with Gasteiger partial charge in [0, 0.05) is 18.1 Å². The highest BCUT2D eigenvalue weighted by atomic mass is 35.5. The highest BCUT2D eigenvalue weighted by molar-refractivity contribution is 7.15. The number of nitrogens with zero attached hydrogens (tertiary/aromatic N) is 3. The van der Waals surface area contributed by atoms with Crippen molar-refractivity contribution in [2.24, 2.45) is 0 Å². The Hall–Kier alpha value is -0.230. The lowest BCUT2D eigenvalue weighted by Crippen LogP contribution is -2.48. The summed E-state index contributed by atoms with van der Waals surface area (Å²) in [5, 5.41) is 12.8. The van der Waals surface area contributed by atoms with Crippen molar-refractivity contribution in [2.75, 3.05) is 6.54 Å². The lowest BCUT2D eigenvalue weighted by atomic mass is 9.98. The number of nitrogens with one attached hydrogen (secondary N) is 1. The molecule has 19 heavy (non-hydrogen) atoms. The van der Waals surface area contributed by atoms with E-state index in [1.54, 1.807) is 0 Å². The largest absolute Gasteiger partial charge is 0.311 e. The van der Waals surface area contributed by atoms with Gasteiger partial charge >= 0.3 is 0 Å². The molecule has 0 saturated carbocycles. The number of piperidine rings is 1. The Morgan fingerprint density at radius 1 is 1.32 bits per heavy atom. The molecule has 2 saturated heterocycles. The average Bonchev–Trinajstić information content (AvgIpc) is 2.95. The van der Waals surface area contributed by atoms with Crippen LogP contribution in [0.25, 0.3) is 0 Å². The Morgan fingerprint density at radius 2 is 2.05 bits per heavy atom. The minimum Gasteiger partial charge on any atom is -0.311 e. The molecule has 3 heterocycles. The Bertz CT molecular complexity index is 413. The van der Waals surface area contributed by atoms with Crippen LogP contribution in [-0.2, 0) is 6.54 Å². The highest BCUT2D eigenvalue weighted by Crippen LogP contribution is 2.31. The molecule has 0 radical (unpaired) electrons. The van der Waals surface area contributed by atoms with Gasteiger partial charge in [0.05, 0.1) is 6.54 Å². The first kappa shape index (κ1) is 13.7. The third kappa shape index (κ3) is 3.27. The number of halogens is 1. The fraction of sp³-hybridized carbons (Fsp3) is 0.846. The van der Waals surface area contributed by atoms with Crippen LogP contribution in [0.2, 0.25) is 4.47 Å². The molecule has 0 aliphatic carbocycles. The molecule has 6 heteroatoms. The number of rotatable bonds is 5. The summed E-state index contributed by atoms with van der Waals surface area (Å²) in [5.41, 5.74) is 0. The molecule has 1 aromatic heterocycles. The molecule has 0 spiro atoms. The van der Waals surface area contributed by atoms with E-state index < -0.39 is 0 Å². The zero-order chi connectivity index (χ0) is 13.2. The van der Waals surface area contributed by atoms with E-state index in [1.165, 1.54) is 43.4 Å². The first-order chi connectivity index (χ1) is 9.24. The van der Waals surface area contributed by atoms with Crippen LogP contribution in [0.4, 0.5) is 0 Å². The number of fused-ring (bicyclic) bond motifs is 2. The van der Waals surface area contributed by atoms with Crippen molar-refractivity contribution in [3.8, 4) is 0 Å². The lowest BCUT2D eigenvalue weighted by Gasteiger charge is -2.37. The summed E-state index contributed by atoms with van der Waals surface area (Å²) in [7, 11) is 0. The molecule has 2 fully saturated rings. The maximum absolute atomic E-state index is 5.88. The van der Waals surface area contributed by atoms with Crippen molar-refractivity contribution in [3.05, 3.63) is 9.47 Å². The van der Waals surface area contributed by atoms with Crippen molar-refractivity contribution in [2.45, 2.75) is 63.7 Å². The standard InChI is InChI=1S/C13H21ClN4S/c1-2-5-18(8-12-16-17-13(14)19-12)11-6-9-3-4-10(7-11)15-9/h9-11,15H,2-8H2,1H3. The quantitative estimate of drug-likeness (QED) is 0.908. The second-order valence-electron chi connectivity index (χ2n) is 5.68. The molecule has 4 nitrogen and oxygen atoms in total. The van der Waals surface area contributed by atoms with Gasteiger partial charge in [0.25, 0.3) is 0 Å². The van der Waals surface area contributed by atoms with Gasteiger partial charge in [0.15, 0.2) is 0 Å². The normalized spacial score (nSPS) is 30.2. The molecule has 2 unspecified atom stereocenters. The fourth-order valence-electron chi connectivity index (χ4n) is 3.47. The molecular formula is C13H21ClN4S. The fourth-order valence-corrected chi connectivity index (χ4v) is 4.37. The molecule has 1 N–H and O–H groups in total. The zero-order valence-electron chi connectivity index (χ0n) is 11.3. The topological polar surface area (TPSA) is 41.1 Å². The van der Waals surface area contributed by atoms with Gasteiger partial charge in [-0.2, -0.15) is 0 Å². The summed E-state index contributed by atoms with van der Waals surface area (Å²) in [6.45, 7) is 4.29. The van der Waals surface area contributed by atoms with Crippen LogP contribution in [-0.4, -0.2) is 39.8 Å². The van der Waals surface area contributed by atoms with Crippen LogP contribution >= 0.6 is 22.9 Å². The van der Waals surface area contributed by atoms with Crippen LogP contribution in [0.5, 0.6) is 0 Å². The van der Waals surface area contributed by atoms with Crippen LogP contribution in [0.3, 0.4) is 0 Å². The van der Waals surface area contributed by atoms with Crippen molar-refractivity contribution >= 4 is 22.9 Å². The minimum atomic E-state index is 0.553. The van der Waals surface area contributed by atoms with Crippen molar-refractivity contribution in [1.29, 1.82) is 0 Å². The predicted octanol–water partition coefficient (Wildman–Crippen LogP) is 2.69. The Morgan fingerprint density at radius 3 is 2.63 bits per heavy atom. The van der Waals surface area contributed by atoms with Crippen molar-refractivity contribution in [3.63, 3.8) is 0 Å². The molecule has 1 aromatic rings. The van der Waals surface area contributed by atoms with E-state index in [-0.39, 0.29) is 0 Å². The summed E-state index contributed by atoms with van der Waals surface area (Å²) in [4.78, 5) is 2.59. The van der Waals surface area contributed by atoms with E-state index in [4.69, 9.17) is 11.6 Å². The molecule has 0 amide bonds. The number of hydrogen-bond donors (Lipinski definition) is 1. The number of hydrogen-bond acceptors (Lipinski definition) is 5. The Balaban J connectivity index is 1.66. The van der Waals surface area contributed by atoms with E-state index in [2.05, 4.69) is 27.3 Å². The highest BCUT2D eigenvalue weighted by Gasteiger charge is 2.35. The lowest BCUT2D eigenvalue weighted by molar-refractivity contribution is 0.133. The third-order valence-electron chi connectivity index (χ3n) is 4.26. The molecule has 106 valence electrons. The second-order valence-corrected chi connectivity index (χ2v) is 7.33. The summed E-state index contributed by atoms with van der Waals surface area (Å²) < 4.78 is 0.553. The summed E-state index contributed by atoms with van der Waals surface area (Å²) >= 11 is 7.39. The van der Waals surface area contributed by atoms with E-state index in [0.29, 0.717) is 10.5 Å². The molecule has 3 rings (SSSR count). The Labute approximate surface area is 123 Å². The van der Waals surface area contributed by atoms with E-state index >= 15 is 0 Å². The summed E-state index contributed by atoms with van der Waals surface area (Å²) in [6.07, 6.45) is 6.45. The van der Waals surface area contributed by atoms with E-state index in [1.807, 2.05) is 0 Å². The average molecular weight is 301 g/mol. The van der Waals surface area contributed by atoms with Gasteiger partial charge in [0.1, 0.15) is 5.01 Å². The van der Waals surface area contributed by atoms with Crippen LogP contribution in [0.15, 0.2) is 0 Å². The van der Waals surface area contributed by atoms with E-state index in [9.17, 15) is 0 Å². The molecule has 2 aliphatic rings. The first-order valence-electron chi connectivity index (χ1n) is 7.22. The molecule has 2 atom stereocenters. The first-order valence-corrected chi connectivity index (χ1v) is 8.42.